The zero-order valence-electron chi connectivity index (χ0n) is 18.7. The van der Waals surface area contributed by atoms with Crippen molar-refractivity contribution in [2.75, 3.05) is 13.2 Å². The van der Waals surface area contributed by atoms with Gasteiger partial charge < -0.3 is 19.3 Å². The van der Waals surface area contributed by atoms with Crippen molar-refractivity contribution in [1.29, 1.82) is 0 Å². The van der Waals surface area contributed by atoms with Crippen molar-refractivity contribution in [3.8, 4) is 0 Å². The highest BCUT2D eigenvalue weighted by molar-refractivity contribution is 5.90. The number of cyclic esters (lactones) is 1. The van der Waals surface area contributed by atoms with E-state index >= 15 is 0 Å². The lowest BCUT2D eigenvalue weighted by atomic mass is 9.76. The molecule has 0 unspecified atom stereocenters. The Morgan fingerprint density at radius 1 is 1.26 bits per heavy atom. The van der Waals surface area contributed by atoms with Crippen molar-refractivity contribution >= 4 is 17.9 Å². The van der Waals surface area contributed by atoms with Gasteiger partial charge in [0.05, 0.1) is 12.7 Å². The van der Waals surface area contributed by atoms with E-state index in [1.54, 1.807) is 12.2 Å². The second-order valence-corrected chi connectivity index (χ2v) is 8.32. The van der Waals surface area contributed by atoms with Crippen LogP contribution in [-0.2, 0) is 28.6 Å². The predicted molar refractivity (Wildman–Crippen MR) is 115 cm³/mol. The molecule has 1 saturated heterocycles. The van der Waals surface area contributed by atoms with Gasteiger partial charge in [-0.15, -0.1) is 0 Å². The second-order valence-electron chi connectivity index (χ2n) is 8.32. The number of ether oxygens (including phenoxy) is 3. The molecule has 1 N–H and O–H groups in total. The molecule has 0 aromatic carbocycles. The number of allylic oxidation sites excluding steroid dienone is 1. The maximum Gasteiger partial charge on any atom is 0.334 e. The van der Waals surface area contributed by atoms with Crippen LogP contribution in [0.1, 0.15) is 47.0 Å². The zero-order valence-corrected chi connectivity index (χ0v) is 18.7. The van der Waals surface area contributed by atoms with Gasteiger partial charge in [-0.25, -0.2) is 4.79 Å². The Morgan fingerprint density at radius 2 is 1.97 bits per heavy atom. The van der Waals surface area contributed by atoms with Crippen molar-refractivity contribution in [3.05, 3.63) is 47.1 Å². The van der Waals surface area contributed by atoms with E-state index in [1.165, 1.54) is 19.9 Å². The number of carbonyl (C=O) groups is 3. The molecular weight excluding hydrogens is 400 g/mol. The lowest BCUT2D eigenvalue weighted by Crippen LogP contribution is -2.35. The van der Waals surface area contributed by atoms with Gasteiger partial charge in [0.2, 0.25) is 0 Å². The molecule has 2 rings (SSSR count). The first kappa shape index (κ1) is 24.6. The molecule has 0 bridgehead atoms. The molecule has 31 heavy (non-hydrogen) atoms. The van der Waals surface area contributed by atoms with Gasteiger partial charge in [-0.2, -0.15) is 0 Å². The van der Waals surface area contributed by atoms with Gasteiger partial charge in [0.15, 0.2) is 0 Å². The summed E-state index contributed by atoms with van der Waals surface area (Å²) in [6.45, 7) is 10.9. The van der Waals surface area contributed by atoms with Gasteiger partial charge >= 0.3 is 17.9 Å². The Bertz CT molecular complexity index is 814. The van der Waals surface area contributed by atoms with Crippen molar-refractivity contribution < 1.29 is 33.7 Å². The molecule has 1 heterocycles. The minimum absolute atomic E-state index is 0.0842. The first-order valence-corrected chi connectivity index (χ1v) is 10.5. The Labute approximate surface area is 183 Å². The molecule has 1 fully saturated rings. The zero-order chi connectivity index (χ0) is 23.1. The second kappa shape index (κ2) is 11.1. The number of fused-ring (bicyclic) bond motifs is 1. The third kappa shape index (κ3) is 7.51. The highest BCUT2D eigenvalue weighted by atomic mass is 16.5. The third-order valence-electron chi connectivity index (χ3n) is 5.33. The molecule has 0 spiro atoms. The summed E-state index contributed by atoms with van der Waals surface area (Å²) in [6, 6.07) is 0. The summed E-state index contributed by atoms with van der Waals surface area (Å²) in [7, 11) is 0. The summed E-state index contributed by atoms with van der Waals surface area (Å²) in [6.07, 6.45) is 5.03. The highest BCUT2D eigenvalue weighted by Gasteiger charge is 2.38. The molecule has 170 valence electrons. The minimum Gasteiger partial charge on any atom is -0.462 e. The molecule has 0 saturated carbocycles. The smallest absolute Gasteiger partial charge is 0.334 e. The van der Waals surface area contributed by atoms with E-state index in [0.29, 0.717) is 24.8 Å². The lowest BCUT2D eigenvalue weighted by Gasteiger charge is -2.34. The largest absolute Gasteiger partial charge is 0.462 e. The van der Waals surface area contributed by atoms with Gasteiger partial charge in [-0.05, 0) is 44.4 Å². The predicted octanol–water partition coefficient (Wildman–Crippen LogP) is 3.19. The average molecular weight is 433 g/mol. The summed E-state index contributed by atoms with van der Waals surface area (Å²) in [5, 5.41) is 10.4. The van der Waals surface area contributed by atoms with E-state index in [1.807, 2.05) is 13.8 Å². The maximum absolute atomic E-state index is 12.6. The first-order valence-electron chi connectivity index (χ1n) is 10.5. The van der Waals surface area contributed by atoms with Gasteiger partial charge in [0.1, 0.15) is 12.7 Å². The molecule has 7 heteroatoms. The van der Waals surface area contributed by atoms with E-state index in [-0.39, 0.29) is 25.0 Å². The van der Waals surface area contributed by atoms with Crippen LogP contribution in [0.5, 0.6) is 0 Å². The Hall–Kier alpha value is -2.67. The van der Waals surface area contributed by atoms with Gasteiger partial charge in [-0.3, -0.25) is 9.59 Å². The van der Waals surface area contributed by atoms with Crippen molar-refractivity contribution in [3.63, 3.8) is 0 Å². The molecular formula is C24H32O7. The van der Waals surface area contributed by atoms with Crippen LogP contribution in [0.25, 0.3) is 0 Å². The number of rotatable bonds is 5. The van der Waals surface area contributed by atoms with Crippen LogP contribution < -0.4 is 0 Å². The number of carbonyl (C=O) groups excluding carboxylic acids is 3. The Balaban J connectivity index is 2.39. The fourth-order valence-electron chi connectivity index (χ4n) is 4.02. The van der Waals surface area contributed by atoms with Crippen LogP contribution in [-0.4, -0.2) is 48.4 Å². The van der Waals surface area contributed by atoms with E-state index in [9.17, 15) is 19.5 Å². The summed E-state index contributed by atoms with van der Waals surface area (Å²) >= 11 is 0. The Kier molecular flexibility index (Phi) is 8.80. The lowest BCUT2D eigenvalue weighted by molar-refractivity contribution is -0.145. The molecule has 0 aromatic rings. The number of hydrogen-bond acceptors (Lipinski definition) is 7. The summed E-state index contributed by atoms with van der Waals surface area (Å²) in [5.74, 6) is -1.65. The Morgan fingerprint density at radius 3 is 2.58 bits per heavy atom. The summed E-state index contributed by atoms with van der Waals surface area (Å²) in [4.78, 5) is 35.4. The number of esters is 3. The van der Waals surface area contributed by atoms with Crippen LogP contribution >= 0.6 is 0 Å². The van der Waals surface area contributed by atoms with E-state index in [0.717, 1.165) is 16.7 Å². The molecule has 7 nitrogen and oxygen atoms in total. The van der Waals surface area contributed by atoms with Crippen LogP contribution in [0.2, 0.25) is 0 Å². The average Bonchev–Trinajstić information content (AvgIpc) is 2.69. The standard InChI is InChI=1S/C24H32O7/c1-14(2)8-19(27)11-22-21-7-6-18(12-29-16(4)25)10-20(31-17(5)26)9-15(3)23(21)13-30-24(22)28/h8,10-11,19-21,23,27H,3,6-7,9,12-13H2,1-2,4-5H3/b18-10-,22-11+/t19-,20+,21-,23+/m1/s1. The quantitative estimate of drug-likeness (QED) is 0.308. The molecule has 0 radical (unpaired) electrons. The van der Waals surface area contributed by atoms with Crippen LogP contribution in [0.15, 0.2) is 47.1 Å². The molecule has 1 aliphatic heterocycles. The minimum atomic E-state index is -0.906. The number of aliphatic hydroxyl groups excluding tert-OH is 1. The normalized spacial score (nSPS) is 28.0. The van der Waals surface area contributed by atoms with E-state index in [4.69, 9.17) is 14.2 Å². The molecule has 0 aromatic heterocycles. The van der Waals surface area contributed by atoms with Gasteiger partial charge in [0.25, 0.3) is 0 Å². The summed E-state index contributed by atoms with van der Waals surface area (Å²) in [5.41, 5.74) is 2.95. The van der Waals surface area contributed by atoms with Crippen LogP contribution in [0, 0.1) is 11.8 Å². The molecule has 2 aliphatic rings. The highest BCUT2D eigenvalue weighted by Crippen LogP contribution is 2.39. The van der Waals surface area contributed by atoms with Crippen LogP contribution in [0.3, 0.4) is 0 Å². The number of aliphatic hydroxyl groups is 1. The van der Waals surface area contributed by atoms with Crippen molar-refractivity contribution in [1.82, 2.24) is 0 Å². The SMILES string of the molecule is C=C1C[C@H](OC(C)=O)/C=C(\COC(C)=O)CC[C@@H]2/C(=C\[C@H](O)C=C(C)C)C(=O)OC[C@@H]12. The van der Waals surface area contributed by atoms with Crippen LogP contribution in [0.4, 0.5) is 0 Å². The van der Waals surface area contributed by atoms with Gasteiger partial charge in [0, 0.05) is 37.7 Å². The van der Waals surface area contributed by atoms with Crippen molar-refractivity contribution in [2.45, 2.75) is 59.2 Å². The topological polar surface area (TPSA) is 99.1 Å². The first-order chi connectivity index (χ1) is 14.6. The fraction of sp³-hybridized carbons (Fsp3) is 0.542. The van der Waals surface area contributed by atoms with Crippen molar-refractivity contribution in [2.24, 2.45) is 11.8 Å². The maximum atomic E-state index is 12.6. The van der Waals surface area contributed by atoms with E-state index in [2.05, 4.69) is 6.58 Å². The monoisotopic (exact) mass is 432 g/mol. The molecule has 0 amide bonds. The third-order valence-corrected chi connectivity index (χ3v) is 5.33. The van der Waals surface area contributed by atoms with Gasteiger partial charge in [-0.1, -0.05) is 23.8 Å². The molecule has 4 atom stereocenters. The fourth-order valence-corrected chi connectivity index (χ4v) is 4.02. The number of hydrogen-bond donors (Lipinski definition) is 1. The van der Waals surface area contributed by atoms with E-state index < -0.39 is 30.1 Å². The summed E-state index contributed by atoms with van der Waals surface area (Å²) < 4.78 is 16.0. The molecule has 1 aliphatic carbocycles.